The third-order valence-electron chi connectivity index (χ3n) is 4.21. The van der Waals surface area contributed by atoms with Crippen LogP contribution in [0.1, 0.15) is 50.5 Å². The quantitative estimate of drug-likeness (QED) is 0.807. The van der Waals surface area contributed by atoms with Gasteiger partial charge in [0.15, 0.2) is 0 Å². The van der Waals surface area contributed by atoms with Crippen LogP contribution in [0.4, 0.5) is 0 Å². The normalized spacial score (nSPS) is 17.3. The second kappa shape index (κ2) is 7.86. The molecule has 5 nitrogen and oxygen atoms in total. The molecule has 2 amide bonds. The molecule has 3 N–H and O–H groups in total. The second-order valence-electron chi connectivity index (χ2n) is 5.87. The van der Waals surface area contributed by atoms with Gasteiger partial charge in [0.1, 0.15) is 0 Å². The van der Waals surface area contributed by atoms with Gasteiger partial charge in [-0.2, -0.15) is 0 Å². The van der Waals surface area contributed by atoms with E-state index in [4.69, 9.17) is 10.2 Å². The number of primary amides is 1. The predicted molar refractivity (Wildman–Crippen MR) is 79.3 cm³/mol. The van der Waals surface area contributed by atoms with Crippen LogP contribution in [-0.4, -0.2) is 17.9 Å². The maximum atomic E-state index is 12.1. The fourth-order valence-electron chi connectivity index (χ4n) is 3.06. The Morgan fingerprint density at radius 2 is 2.10 bits per heavy atom. The number of carbonyl (C=O) groups is 2. The molecule has 5 heteroatoms. The first-order valence-electron chi connectivity index (χ1n) is 7.74. The lowest BCUT2D eigenvalue weighted by Gasteiger charge is -2.30. The summed E-state index contributed by atoms with van der Waals surface area (Å²) in [5.74, 6) is 0.0119. The summed E-state index contributed by atoms with van der Waals surface area (Å²) in [5, 5.41) is 3.01. The van der Waals surface area contributed by atoms with E-state index < -0.39 is 0 Å². The van der Waals surface area contributed by atoms with E-state index in [1.165, 1.54) is 19.3 Å². The van der Waals surface area contributed by atoms with Crippen molar-refractivity contribution in [1.82, 2.24) is 5.32 Å². The van der Waals surface area contributed by atoms with E-state index in [1.807, 2.05) is 6.07 Å². The van der Waals surface area contributed by atoms with E-state index in [2.05, 4.69) is 5.32 Å². The minimum absolute atomic E-state index is 0.0203. The number of hydrogen-bond acceptors (Lipinski definition) is 3. The summed E-state index contributed by atoms with van der Waals surface area (Å²) in [5.41, 5.74) is 6.33. The van der Waals surface area contributed by atoms with E-state index in [0.29, 0.717) is 18.8 Å². The molecule has 0 bridgehead atoms. The van der Waals surface area contributed by atoms with Gasteiger partial charge in [0.2, 0.25) is 11.8 Å². The number of nitrogens with two attached hydrogens (primary N) is 1. The van der Waals surface area contributed by atoms with Crippen LogP contribution in [0.5, 0.6) is 0 Å². The summed E-state index contributed by atoms with van der Waals surface area (Å²) >= 11 is 0. The molecule has 1 saturated carbocycles. The highest BCUT2D eigenvalue weighted by molar-refractivity contribution is 5.79. The van der Waals surface area contributed by atoms with Gasteiger partial charge in [-0.1, -0.05) is 19.3 Å². The summed E-state index contributed by atoms with van der Waals surface area (Å²) < 4.78 is 4.98. The molecule has 1 aliphatic rings. The number of aryl methyl sites for hydroxylation is 1. The number of carbonyl (C=O) groups excluding carboxylic acids is 2. The third-order valence-corrected chi connectivity index (χ3v) is 4.21. The molecule has 0 radical (unpaired) electrons. The first-order chi connectivity index (χ1) is 10.1. The molecule has 1 unspecified atom stereocenters. The Hall–Kier alpha value is -1.78. The minimum atomic E-state index is -0.347. The van der Waals surface area contributed by atoms with E-state index in [0.717, 1.165) is 18.4 Å². The zero-order chi connectivity index (χ0) is 15.1. The Balaban J connectivity index is 1.84. The lowest BCUT2D eigenvalue weighted by molar-refractivity contribution is -0.123. The molecule has 1 heterocycles. The van der Waals surface area contributed by atoms with Gasteiger partial charge < -0.3 is 15.5 Å². The van der Waals surface area contributed by atoms with Crippen molar-refractivity contribution in [3.8, 4) is 0 Å². The molecular formula is C16H24N2O3. The Kier molecular flexibility index (Phi) is 5.84. The van der Waals surface area contributed by atoms with Gasteiger partial charge in [0, 0.05) is 18.9 Å². The predicted octanol–water partition coefficient (Wildman–Crippen LogP) is 2.15. The zero-order valence-corrected chi connectivity index (χ0v) is 12.3. The van der Waals surface area contributed by atoms with Crippen LogP contribution in [-0.2, 0) is 16.0 Å². The Bertz CT molecular complexity index is 450. The SMILES string of the molecule is NC(=O)CC(NC(=O)CCc1ccoc1)C1CCCCC1. The number of hydrogen-bond donors (Lipinski definition) is 2. The van der Waals surface area contributed by atoms with Crippen molar-refractivity contribution in [3.05, 3.63) is 24.2 Å². The minimum Gasteiger partial charge on any atom is -0.472 e. The van der Waals surface area contributed by atoms with Crippen LogP contribution in [0.3, 0.4) is 0 Å². The maximum absolute atomic E-state index is 12.1. The van der Waals surface area contributed by atoms with Gasteiger partial charge in [-0.05, 0) is 36.8 Å². The highest BCUT2D eigenvalue weighted by Gasteiger charge is 2.26. The highest BCUT2D eigenvalue weighted by atomic mass is 16.3. The molecule has 1 aliphatic carbocycles. The van der Waals surface area contributed by atoms with E-state index in [9.17, 15) is 9.59 Å². The molecule has 1 aromatic heterocycles. The summed E-state index contributed by atoms with van der Waals surface area (Å²) in [6.07, 6.45) is 10.3. The number of nitrogens with one attached hydrogen (secondary N) is 1. The van der Waals surface area contributed by atoms with Crippen molar-refractivity contribution in [2.24, 2.45) is 11.7 Å². The molecular weight excluding hydrogens is 268 g/mol. The van der Waals surface area contributed by atoms with Crippen LogP contribution < -0.4 is 11.1 Å². The van der Waals surface area contributed by atoms with Crippen molar-refractivity contribution < 1.29 is 14.0 Å². The third kappa shape index (κ3) is 5.25. The standard InChI is InChI=1S/C16H24N2O3/c17-15(19)10-14(13-4-2-1-3-5-13)18-16(20)7-6-12-8-9-21-11-12/h8-9,11,13-14H,1-7,10H2,(H2,17,19)(H,18,20). The first kappa shape index (κ1) is 15.6. The summed E-state index contributed by atoms with van der Waals surface area (Å²) in [7, 11) is 0. The lowest BCUT2D eigenvalue weighted by atomic mass is 9.82. The van der Waals surface area contributed by atoms with E-state index >= 15 is 0 Å². The molecule has 0 spiro atoms. The number of furan rings is 1. The monoisotopic (exact) mass is 292 g/mol. The summed E-state index contributed by atoms with van der Waals surface area (Å²) in [6.45, 7) is 0. The van der Waals surface area contributed by atoms with Gasteiger partial charge >= 0.3 is 0 Å². The largest absolute Gasteiger partial charge is 0.472 e. The average Bonchev–Trinajstić information content (AvgIpc) is 2.98. The molecule has 0 aromatic carbocycles. The Labute approximate surface area is 125 Å². The molecule has 0 aliphatic heterocycles. The molecule has 21 heavy (non-hydrogen) atoms. The van der Waals surface area contributed by atoms with Crippen LogP contribution in [0.2, 0.25) is 0 Å². The van der Waals surface area contributed by atoms with Gasteiger partial charge in [-0.15, -0.1) is 0 Å². The summed E-state index contributed by atoms with van der Waals surface area (Å²) in [4.78, 5) is 23.3. The van der Waals surface area contributed by atoms with Crippen molar-refractivity contribution in [3.63, 3.8) is 0 Å². The molecule has 1 atom stereocenters. The van der Waals surface area contributed by atoms with E-state index in [1.54, 1.807) is 12.5 Å². The van der Waals surface area contributed by atoms with Crippen molar-refractivity contribution >= 4 is 11.8 Å². The smallest absolute Gasteiger partial charge is 0.220 e. The average molecular weight is 292 g/mol. The van der Waals surface area contributed by atoms with Crippen molar-refractivity contribution in [1.29, 1.82) is 0 Å². The fourth-order valence-corrected chi connectivity index (χ4v) is 3.06. The molecule has 1 aromatic rings. The van der Waals surface area contributed by atoms with E-state index in [-0.39, 0.29) is 24.3 Å². The Morgan fingerprint density at radius 1 is 1.33 bits per heavy atom. The zero-order valence-electron chi connectivity index (χ0n) is 12.3. The Morgan fingerprint density at radius 3 is 2.71 bits per heavy atom. The first-order valence-corrected chi connectivity index (χ1v) is 7.74. The lowest BCUT2D eigenvalue weighted by Crippen LogP contribution is -2.43. The molecule has 116 valence electrons. The number of amides is 2. The second-order valence-corrected chi connectivity index (χ2v) is 5.87. The fraction of sp³-hybridized carbons (Fsp3) is 0.625. The van der Waals surface area contributed by atoms with Crippen LogP contribution >= 0.6 is 0 Å². The molecule has 0 saturated heterocycles. The molecule has 1 fully saturated rings. The topological polar surface area (TPSA) is 85.3 Å². The van der Waals surface area contributed by atoms with Crippen LogP contribution in [0.25, 0.3) is 0 Å². The van der Waals surface area contributed by atoms with Gasteiger partial charge in [0.25, 0.3) is 0 Å². The van der Waals surface area contributed by atoms with Crippen molar-refractivity contribution in [2.75, 3.05) is 0 Å². The van der Waals surface area contributed by atoms with Crippen LogP contribution in [0.15, 0.2) is 23.0 Å². The van der Waals surface area contributed by atoms with Gasteiger partial charge in [-0.3, -0.25) is 9.59 Å². The highest BCUT2D eigenvalue weighted by Crippen LogP contribution is 2.27. The van der Waals surface area contributed by atoms with Crippen molar-refractivity contribution in [2.45, 2.75) is 57.4 Å². The summed E-state index contributed by atoms with van der Waals surface area (Å²) in [6, 6.07) is 1.75. The number of rotatable bonds is 7. The van der Waals surface area contributed by atoms with Gasteiger partial charge in [0.05, 0.1) is 12.5 Å². The van der Waals surface area contributed by atoms with Gasteiger partial charge in [-0.25, -0.2) is 0 Å². The maximum Gasteiger partial charge on any atom is 0.220 e. The van der Waals surface area contributed by atoms with Crippen LogP contribution in [0, 0.1) is 5.92 Å². The molecule has 2 rings (SSSR count).